The minimum atomic E-state index is -1.59. The maximum atomic E-state index is 15.2. The molecule has 0 aromatic heterocycles. The lowest BCUT2D eigenvalue weighted by Gasteiger charge is -2.50. The Balaban J connectivity index is 1.36. The van der Waals surface area contributed by atoms with Crippen LogP contribution >= 0.6 is 11.6 Å². The Labute approximate surface area is 304 Å². The highest BCUT2D eigenvalue weighted by Crippen LogP contribution is 2.65. The predicted octanol–water partition coefficient (Wildman–Crippen LogP) is 5.82. The zero-order valence-electron chi connectivity index (χ0n) is 28.3. The third kappa shape index (κ3) is 5.69. The molecule has 13 heteroatoms. The van der Waals surface area contributed by atoms with Crippen LogP contribution in [0.4, 0.5) is 10.1 Å². The minimum Gasteiger partial charge on any atom is -0.508 e. The van der Waals surface area contributed by atoms with Crippen molar-refractivity contribution in [3.63, 3.8) is 0 Å². The van der Waals surface area contributed by atoms with E-state index in [9.17, 15) is 28.7 Å². The number of hydrazine groups is 1. The van der Waals surface area contributed by atoms with Crippen LogP contribution in [0.25, 0.3) is 0 Å². The van der Waals surface area contributed by atoms with Crippen LogP contribution in [0.2, 0.25) is 5.02 Å². The summed E-state index contributed by atoms with van der Waals surface area (Å²) in [7, 11) is 1.44. The molecule has 7 rings (SSSR count). The summed E-state index contributed by atoms with van der Waals surface area (Å²) in [5.41, 5.74) is 3.35. The van der Waals surface area contributed by atoms with E-state index in [0.717, 1.165) is 5.01 Å². The van der Waals surface area contributed by atoms with Gasteiger partial charge >= 0.3 is 5.97 Å². The van der Waals surface area contributed by atoms with Gasteiger partial charge in [0.2, 0.25) is 11.8 Å². The van der Waals surface area contributed by atoms with Gasteiger partial charge in [-0.25, -0.2) is 4.39 Å². The van der Waals surface area contributed by atoms with Crippen LogP contribution in [0.3, 0.4) is 0 Å². The quantitative estimate of drug-likeness (QED) is 0.126. The standard InChI is InChI=1S/C39H37ClFN3O8/c1-52-31-19-25(45)14-15-27(31)34-26-16-17-28-33(37(50)43(35(28)48)18-4-2-3-5-32(46)47)29(26)20-30-36(49)44(42-24-12-10-23(41)11-13-24)38(51)39(30,34)21-6-8-22(40)9-7-21/h6-16,19,28-30,33-34,42,45H,2-5,17-18,20H2,1H3,(H,46,47)/t28-,29+,30-,33-,34+,39+/m0/s1. The molecule has 2 saturated heterocycles. The van der Waals surface area contributed by atoms with Gasteiger partial charge < -0.3 is 14.9 Å². The maximum absolute atomic E-state index is 15.2. The number of nitrogens with one attached hydrogen (secondary N) is 1. The fraction of sp³-hybridized carbons (Fsp3) is 0.359. The summed E-state index contributed by atoms with van der Waals surface area (Å²) in [5, 5.41) is 20.9. The van der Waals surface area contributed by atoms with Crippen molar-refractivity contribution in [2.45, 2.75) is 49.9 Å². The summed E-state index contributed by atoms with van der Waals surface area (Å²) in [5.74, 6) is -6.98. The molecular weight excluding hydrogens is 693 g/mol. The number of carboxylic acids is 1. The number of phenols is 1. The van der Waals surface area contributed by atoms with Crippen molar-refractivity contribution in [2.75, 3.05) is 19.1 Å². The van der Waals surface area contributed by atoms with Gasteiger partial charge in [-0.2, -0.15) is 5.01 Å². The Morgan fingerprint density at radius 2 is 1.69 bits per heavy atom. The molecule has 52 heavy (non-hydrogen) atoms. The number of hydrogen-bond acceptors (Lipinski definition) is 8. The lowest BCUT2D eigenvalue weighted by molar-refractivity contribution is -0.141. The van der Waals surface area contributed by atoms with E-state index < -0.39 is 58.6 Å². The van der Waals surface area contributed by atoms with Gasteiger partial charge in [-0.05, 0) is 79.6 Å². The van der Waals surface area contributed by atoms with E-state index >= 15 is 4.79 Å². The van der Waals surface area contributed by atoms with Crippen molar-refractivity contribution in [1.82, 2.24) is 9.91 Å². The summed E-state index contributed by atoms with van der Waals surface area (Å²) in [4.78, 5) is 70.2. The van der Waals surface area contributed by atoms with E-state index in [0.29, 0.717) is 46.7 Å². The van der Waals surface area contributed by atoms with Crippen molar-refractivity contribution < 1.29 is 43.3 Å². The number of methoxy groups -OCH3 is 1. The number of halogens is 2. The molecule has 0 spiro atoms. The molecule has 11 nitrogen and oxygen atoms in total. The second kappa shape index (κ2) is 13.7. The number of carboxylic acid groups (broad SMARTS) is 1. The molecule has 270 valence electrons. The fourth-order valence-corrected chi connectivity index (χ4v) is 9.07. The van der Waals surface area contributed by atoms with Crippen LogP contribution < -0.4 is 10.2 Å². The number of ether oxygens (including phenoxy) is 1. The van der Waals surface area contributed by atoms with Crippen LogP contribution in [0.5, 0.6) is 11.5 Å². The number of carbonyl (C=O) groups excluding carboxylic acids is 4. The highest BCUT2D eigenvalue weighted by atomic mass is 35.5. The highest BCUT2D eigenvalue weighted by molar-refractivity contribution is 6.30. The number of amides is 4. The van der Waals surface area contributed by atoms with Gasteiger partial charge in [0.1, 0.15) is 17.3 Å². The molecule has 3 aromatic rings. The van der Waals surface area contributed by atoms with Crippen LogP contribution in [0, 0.1) is 29.5 Å². The average molecular weight is 730 g/mol. The number of aromatic hydroxyl groups is 1. The number of allylic oxidation sites excluding steroid dienone is 2. The zero-order chi connectivity index (χ0) is 36.9. The Hall–Kier alpha value is -5.23. The number of fused-ring (bicyclic) bond motifs is 4. The summed E-state index contributed by atoms with van der Waals surface area (Å²) in [6, 6.07) is 16.5. The smallest absolute Gasteiger partial charge is 0.303 e. The lowest BCUT2D eigenvalue weighted by atomic mass is 9.49. The second-order valence-electron chi connectivity index (χ2n) is 13.8. The maximum Gasteiger partial charge on any atom is 0.303 e. The molecule has 2 aliphatic heterocycles. The number of anilines is 1. The van der Waals surface area contributed by atoms with Crippen LogP contribution in [0.1, 0.15) is 55.6 Å². The number of rotatable bonds is 11. The molecule has 0 unspecified atom stereocenters. The monoisotopic (exact) mass is 729 g/mol. The second-order valence-corrected chi connectivity index (χ2v) is 14.3. The number of benzene rings is 3. The molecule has 3 fully saturated rings. The van der Waals surface area contributed by atoms with Gasteiger partial charge in [0.05, 0.1) is 36.0 Å². The fourth-order valence-electron chi connectivity index (χ4n) is 8.95. The molecule has 1 saturated carbocycles. The number of nitrogens with zero attached hydrogens (tertiary/aromatic N) is 2. The zero-order valence-corrected chi connectivity index (χ0v) is 29.0. The molecule has 0 bridgehead atoms. The molecular formula is C39H37ClFN3O8. The van der Waals surface area contributed by atoms with Gasteiger partial charge in [0.15, 0.2) is 0 Å². The average Bonchev–Trinajstić information content (AvgIpc) is 3.49. The Morgan fingerprint density at radius 3 is 2.38 bits per heavy atom. The molecule has 3 N–H and O–H groups in total. The van der Waals surface area contributed by atoms with Gasteiger partial charge in [0, 0.05) is 35.5 Å². The Morgan fingerprint density at radius 1 is 0.962 bits per heavy atom. The van der Waals surface area contributed by atoms with Crippen molar-refractivity contribution in [1.29, 1.82) is 0 Å². The van der Waals surface area contributed by atoms with Crippen molar-refractivity contribution in [2.24, 2.45) is 23.7 Å². The van der Waals surface area contributed by atoms with E-state index in [2.05, 4.69) is 5.43 Å². The van der Waals surface area contributed by atoms with Crippen molar-refractivity contribution in [3.8, 4) is 11.5 Å². The molecule has 3 aromatic carbocycles. The van der Waals surface area contributed by atoms with E-state index in [4.69, 9.17) is 21.4 Å². The first-order valence-electron chi connectivity index (χ1n) is 17.3. The van der Waals surface area contributed by atoms with Crippen molar-refractivity contribution >= 4 is 46.9 Å². The topological polar surface area (TPSA) is 154 Å². The number of carbonyl (C=O) groups is 5. The SMILES string of the molecule is COc1cc(O)ccc1[C@H]1C2=CC[C@@H]3C(=O)N(CCCCCC(=O)O)C(=O)[C@@H]3[C@@H]2C[C@H]2C(=O)N(Nc3ccc(F)cc3)C(=O)[C@@]12c1ccc(Cl)cc1. The number of imide groups is 2. The molecule has 6 atom stereocenters. The van der Waals surface area contributed by atoms with Crippen LogP contribution in [-0.4, -0.2) is 63.4 Å². The third-order valence-electron chi connectivity index (χ3n) is 11.1. The van der Waals surface area contributed by atoms with E-state index in [-0.39, 0.29) is 49.1 Å². The summed E-state index contributed by atoms with van der Waals surface area (Å²) in [6.45, 7) is 0.159. The van der Waals surface area contributed by atoms with E-state index in [1.807, 2.05) is 6.08 Å². The Kier molecular flexibility index (Phi) is 9.28. The van der Waals surface area contributed by atoms with Crippen molar-refractivity contribution in [3.05, 3.63) is 100 Å². The molecule has 4 aliphatic rings. The van der Waals surface area contributed by atoms with Crippen LogP contribution in [0.15, 0.2) is 78.4 Å². The van der Waals surface area contributed by atoms with Gasteiger partial charge in [-0.1, -0.05) is 47.9 Å². The number of likely N-dealkylation sites (tertiary alicyclic amines) is 1. The normalized spacial score (nSPS) is 26.5. The third-order valence-corrected chi connectivity index (χ3v) is 11.4. The summed E-state index contributed by atoms with van der Waals surface area (Å²) in [6.07, 6.45) is 3.65. The van der Waals surface area contributed by atoms with E-state index in [1.165, 1.54) is 48.4 Å². The predicted molar refractivity (Wildman–Crippen MR) is 187 cm³/mol. The number of unbranched alkanes of at least 4 members (excludes halogenated alkanes) is 2. The number of hydrogen-bond donors (Lipinski definition) is 3. The molecule has 0 radical (unpaired) electrons. The highest BCUT2D eigenvalue weighted by Gasteiger charge is 2.70. The molecule has 2 aliphatic carbocycles. The summed E-state index contributed by atoms with van der Waals surface area (Å²) < 4.78 is 19.6. The molecule has 4 amide bonds. The van der Waals surface area contributed by atoms with Gasteiger partial charge in [0.25, 0.3) is 11.8 Å². The van der Waals surface area contributed by atoms with E-state index in [1.54, 1.807) is 30.3 Å². The van der Waals surface area contributed by atoms with Crippen LogP contribution in [-0.2, 0) is 29.4 Å². The first-order valence-corrected chi connectivity index (χ1v) is 17.7. The minimum absolute atomic E-state index is 0.00114. The lowest BCUT2D eigenvalue weighted by Crippen LogP contribution is -2.53. The summed E-state index contributed by atoms with van der Waals surface area (Å²) >= 11 is 6.34. The molecule has 2 heterocycles. The Bertz CT molecular complexity index is 1990. The first kappa shape index (κ1) is 35.2. The first-order chi connectivity index (χ1) is 25.0. The number of phenolic OH excluding ortho intramolecular Hbond substituents is 1. The number of aliphatic carboxylic acids is 1. The largest absolute Gasteiger partial charge is 0.508 e. The van der Waals surface area contributed by atoms with Gasteiger partial charge in [-0.15, -0.1) is 0 Å². The van der Waals surface area contributed by atoms with Gasteiger partial charge in [-0.3, -0.25) is 34.3 Å².